The fourth-order valence-corrected chi connectivity index (χ4v) is 2.38. The lowest BCUT2D eigenvalue weighted by atomic mass is 9.83. The van der Waals surface area contributed by atoms with Gasteiger partial charge in [0.25, 0.3) is 0 Å². The molecule has 1 heterocycles. The van der Waals surface area contributed by atoms with Crippen LogP contribution in [-0.2, 0) is 9.53 Å². The first-order valence-corrected chi connectivity index (χ1v) is 5.82. The average molecular weight is 229 g/mol. The number of hydrogen-bond acceptors (Lipinski definition) is 4. The van der Waals surface area contributed by atoms with Gasteiger partial charge in [-0.05, 0) is 33.7 Å². The van der Waals surface area contributed by atoms with Crippen LogP contribution in [0, 0.1) is 5.41 Å². The second-order valence-electron chi connectivity index (χ2n) is 5.62. The smallest absolute Gasteiger partial charge is 0.129 e. The van der Waals surface area contributed by atoms with Crippen molar-refractivity contribution in [2.75, 3.05) is 33.4 Å². The van der Waals surface area contributed by atoms with E-state index < -0.39 is 5.60 Å². The van der Waals surface area contributed by atoms with Gasteiger partial charge in [-0.25, -0.2) is 0 Å². The molecule has 0 amide bonds. The number of aliphatic hydroxyl groups is 1. The average Bonchev–Trinajstić information content (AvgIpc) is 2.16. The maximum absolute atomic E-state index is 11.2. The van der Waals surface area contributed by atoms with Gasteiger partial charge in [-0.3, -0.25) is 0 Å². The fraction of sp³-hybridized carbons (Fsp3) is 0.917. The first kappa shape index (κ1) is 13.6. The Balaban J connectivity index is 2.52. The molecule has 1 aliphatic heterocycles. The van der Waals surface area contributed by atoms with Gasteiger partial charge in [0, 0.05) is 19.7 Å². The number of aldehydes is 1. The first-order valence-electron chi connectivity index (χ1n) is 5.82. The summed E-state index contributed by atoms with van der Waals surface area (Å²) in [6.07, 6.45) is 2.84. The molecule has 0 saturated carbocycles. The van der Waals surface area contributed by atoms with Gasteiger partial charge in [-0.2, -0.15) is 0 Å². The predicted octanol–water partition coefficient (Wildman–Crippen LogP) is 0.685. The molecule has 0 bridgehead atoms. The Hall–Kier alpha value is -0.450. The quantitative estimate of drug-likeness (QED) is 0.705. The van der Waals surface area contributed by atoms with Gasteiger partial charge < -0.3 is 19.5 Å². The van der Waals surface area contributed by atoms with Crippen LogP contribution in [0.25, 0.3) is 0 Å². The lowest BCUT2D eigenvalue weighted by Gasteiger charge is -2.36. The van der Waals surface area contributed by atoms with Crippen molar-refractivity contribution >= 4 is 6.29 Å². The summed E-state index contributed by atoms with van der Waals surface area (Å²) < 4.78 is 5.39. The first-order chi connectivity index (χ1) is 7.37. The van der Waals surface area contributed by atoms with E-state index in [-0.39, 0.29) is 5.41 Å². The van der Waals surface area contributed by atoms with Crippen molar-refractivity contribution in [3.05, 3.63) is 0 Å². The highest BCUT2D eigenvalue weighted by molar-refractivity contribution is 5.60. The molecule has 1 unspecified atom stereocenters. The Kier molecular flexibility index (Phi) is 4.47. The second kappa shape index (κ2) is 5.25. The van der Waals surface area contributed by atoms with E-state index in [1.165, 1.54) is 0 Å². The zero-order valence-corrected chi connectivity index (χ0v) is 10.5. The summed E-state index contributed by atoms with van der Waals surface area (Å²) >= 11 is 0. The van der Waals surface area contributed by atoms with Gasteiger partial charge in [0.05, 0.1) is 17.6 Å². The molecule has 16 heavy (non-hydrogen) atoms. The maximum atomic E-state index is 11.2. The van der Waals surface area contributed by atoms with Crippen LogP contribution in [-0.4, -0.2) is 55.2 Å². The van der Waals surface area contributed by atoms with Crippen molar-refractivity contribution in [1.29, 1.82) is 0 Å². The number of rotatable bonds is 5. The lowest BCUT2D eigenvalue weighted by Crippen LogP contribution is -2.46. The summed E-state index contributed by atoms with van der Waals surface area (Å²) in [4.78, 5) is 13.2. The van der Waals surface area contributed by atoms with Gasteiger partial charge in [-0.15, -0.1) is 0 Å². The number of ether oxygens (including phenoxy) is 1. The van der Waals surface area contributed by atoms with Crippen molar-refractivity contribution in [2.24, 2.45) is 5.41 Å². The monoisotopic (exact) mass is 229 g/mol. The third-order valence-electron chi connectivity index (χ3n) is 2.84. The van der Waals surface area contributed by atoms with Crippen LogP contribution in [0.4, 0.5) is 0 Å². The highest BCUT2D eigenvalue weighted by atomic mass is 16.5. The molecule has 1 saturated heterocycles. The molecular formula is C12H23NO3. The highest BCUT2D eigenvalue weighted by Crippen LogP contribution is 2.27. The maximum Gasteiger partial charge on any atom is 0.129 e. The largest absolute Gasteiger partial charge is 0.389 e. The van der Waals surface area contributed by atoms with Crippen LogP contribution in [0.15, 0.2) is 0 Å². The Morgan fingerprint density at radius 2 is 2.25 bits per heavy atom. The van der Waals surface area contributed by atoms with Crippen LogP contribution >= 0.6 is 0 Å². The van der Waals surface area contributed by atoms with E-state index >= 15 is 0 Å². The number of nitrogens with zero attached hydrogens (tertiary/aromatic N) is 1. The van der Waals surface area contributed by atoms with Gasteiger partial charge in [0.2, 0.25) is 0 Å². The topological polar surface area (TPSA) is 49.8 Å². The van der Waals surface area contributed by atoms with Gasteiger partial charge in [-0.1, -0.05) is 0 Å². The van der Waals surface area contributed by atoms with Crippen LogP contribution < -0.4 is 0 Å². The summed E-state index contributed by atoms with van der Waals surface area (Å²) in [6.45, 7) is 6.02. The Morgan fingerprint density at radius 1 is 1.56 bits per heavy atom. The van der Waals surface area contributed by atoms with E-state index in [4.69, 9.17) is 4.74 Å². The molecule has 1 aliphatic rings. The molecule has 0 aliphatic carbocycles. The molecule has 1 N–H and O–H groups in total. The van der Waals surface area contributed by atoms with E-state index in [0.717, 1.165) is 25.7 Å². The van der Waals surface area contributed by atoms with Crippen molar-refractivity contribution in [2.45, 2.75) is 32.3 Å². The van der Waals surface area contributed by atoms with Crippen LogP contribution in [0.1, 0.15) is 26.7 Å². The van der Waals surface area contributed by atoms with Crippen LogP contribution in [0.2, 0.25) is 0 Å². The van der Waals surface area contributed by atoms with E-state index in [1.54, 1.807) is 13.8 Å². The fourth-order valence-electron chi connectivity index (χ4n) is 2.38. The second-order valence-corrected chi connectivity index (χ2v) is 5.62. The summed E-state index contributed by atoms with van der Waals surface area (Å²) in [5, 5.41) is 9.71. The van der Waals surface area contributed by atoms with Crippen LogP contribution in [0.5, 0.6) is 0 Å². The van der Waals surface area contributed by atoms with Gasteiger partial charge in [0.15, 0.2) is 0 Å². The minimum Gasteiger partial charge on any atom is -0.389 e. The molecule has 1 fully saturated rings. The number of likely N-dealkylation sites (N-methyl/N-ethyl adjacent to an activating group) is 1. The number of hydrogen-bond donors (Lipinski definition) is 1. The molecule has 0 spiro atoms. The summed E-state index contributed by atoms with van der Waals surface area (Å²) in [5.41, 5.74) is -1.10. The molecule has 94 valence electrons. The number of carbonyl (C=O) groups excluding carboxylic acids is 1. The van der Waals surface area contributed by atoms with Crippen molar-refractivity contribution in [3.8, 4) is 0 Å². The van der Waals surface area contributed by atoms with E-state index in [0.29, 0.717) is 19.7 Å². The molecule has 4 nitrogen and oxygen atoms in total. The van der Waals surface area contributed by atoms with E-state index in [2.05, 4.69) is 0 Å². The molecule has 4 heteroatoms. The molecule has 1 atom stereocenters. The zero-order valence-electron chi connectivity index (χ0n) is 10.5. The highest BCUT2D eigenvalue weighted by Gasteiger charge is 2.34. The molecule has 0 aromatic heterocycles. The Morgan fingerprint density at radius 3 is 2.69 bits per heavy atom. The summed E-state index contributed by atoms with van der Waals surface area (Å²) in [6, 6.07) is 0. The molecular weight excluding hydrogens is 206 g/mol. The lowest BCUT2D eigenvalue weighted by molar-refractivity contribution is -0.126. The molecule has 1 rings (SSSR count). The Bertz CT molecular complexity index is 229. The van der Waals surface area contributed by atoms with Crippen molar-refractivity contribution in [1.82, 2.24) is 4.90 Å². The van der Waals surface area contributed by atoms with Crippen molar-refractivity contribution in [3.63, 3.8) is 0 Å². The van der Waals surface area contributed by atoms with Gasteiger partial charge >= 0.3 is 0 Å². The Labute approximate surface area is 97.6 Å². The zero-order chi connectivity index (χ0) is 12.2. The summed E-state index contributed by atoms with van der Waals surface area (Å²) in [5.74, 6) is 0. The standard InChI is InChI=1S/C12H23NO3/c1-11(2,15)7-13(3)8-12(9-14)5-4-6-16-10-12/h9,15H,4-8,10H2,1-3H3. The predicted molar refractivity (Wildman–Crippen MR) is 62.3 cm³/mol. The van der Waals surface area contributed by atoms with Gasteiger partial charge in [0.1, 0.15) is 6.29 Å². The number of carbonyl (C=O) groups is 1. The van der Waals surface area contributed by atoms with E-state index in [1.807, 2.05) is 11.9 Å². The molecule has 0 aromatic carbocycles. The molecule has 0 radical (unpaired) electrons. The normalized spacial score (nSPS) is 27.1. The van der Waals surface area contributed by atoms with Crippen molar-refractivity contribution < 1.29 is 14.6 Å². The SMILES string of the molecule is CN(CC(C)(C)O)CC1(C=O)CCCOC1. The minimum atomic E-state index is -0.728. The third kappa shape index (κ3) is 4.20. The van der Waals surface area contributed by atoms with E-state index in [9.17, 15) is 9.90 Å². The third-order valence-corrected chi connectivity index (χ3v) is 2.84. The molecule has 0 aromatic rings. The minimum absolute atomic E-state index is 0.377. The summed E-state index contributed by atoms with van der Waals surface area (Å²) in [7, 11) is 1.93. The van der Waals surface area contributed by atoms with Crippen LogP contribution in [0.3, 0.4) is 0 Å².